The molecule has 1 unspecified atom stereocenters. The third-order valence-corrected chi connectivity index (χ3v) is 6.61. The Labute approximate surface area is 160 Å². The number of aliphatic hydroxyl groups is 2. The Morgan fingerprint density at radius 1 is 1.30 bits per heavy atom. The Bertz CT molecular complexity index is 703. The summed E-state index contributed by atoms with van der Waals surface area (Å²) in [5, 5.41) is 21.7. The second-order valence-electron chi connectivity index (χ2n) is 8.52. The fraction of sp³-hybridized carbons (Fsp3) is 0.714. The minimum Gasteiger partial charge on any atom is -0.466 e. The van der Waals surface area contributed by atoms with Crippen LogP contribution in [0.2, 0.25) is 0 Å². The van der Waals surface area contributed by atoms with Crippen molar-refractivity contribution in [1.29, 1.82) is 0 Å². The van der Waals surface area contributed by atoms with E-state index < -0.39 is 35.3 Å². The van der Waals surface area contributed by atoms with Crippen LogP contribution in [-0.2, 0) is 19.1 Å². The summed E-state index contributed by atoms with van der Waals surface area (Å²) in [6, 6.07) is 0. The van der Waals surface area contributed by atoms with Gasteiger partial charge in [0.05, 0.1) is 36.4 Å². The molecular formula is C21H30O6. The number of methoxy groups -OCH3 is 1. The number of hydrogen-bond acceptors (Lipinski definition) is 6. The molecule has 6 heteroatoms. The summed E-state index contributed by atoms with van der Waals surface area (Å²) in [7, 11) is 1.33. The molecule has 3 rings (SSSR count). The van der Waals surface area contributed by atoms with Gasteiger partial charge in [0.25, 0.3) is 0 Å². The Morgan fingerprint density at radius 3 is 2.67 bits per heavy atom. The van der Waals surface area contributed by atoms with E-state index in [1.54, 1.807) is 19.9 Å². The number of aliphatic hydroxyl groups excluding tert-OH is 1. The van der Waals surface area contributed by atoms with E-state index in [0.717, 1.165) is 0 Å². The van der Waals surface area contributed by atoms with E-state index in [4.69, 9.17) is 9.47 Å². The largest absolute Gasteiger partial charge is 0.466 e. The zero-order valence-electron chi connectivity index (χ0n) is 16.6. The lowest BCUT2D eigenvalue weighted by molar-refractivity contribution is -0.160. The van der Waals surface area contributed by atoms with Crippen LogP contribution < -0.4 is 0 Å². The Kier molecular flexibility index (Phi) is 5.36. The average Bonchev–Trinajstić information content (AvgIpc) is 3.10. The van der Waals surface area contributed by atoms with Crippen molar-refractivity contribution < 1.29 is 29.3 Å². The molecule has 1 aliphatic carbocycles. The van der Waals surface area contributed by atoms with Gasteiger partial charge in [-0.1, -0.05) is 6.08 Å². The molecule has 0 radical (unpaired) electrons. The van der Waals surface area contributed by atoms with Crippen molar-refractivity contribution in [2.75, 3.05) is 7.11 Å². The van der Waals surface area contributed by atoms with E-state index in [-0.39, 0.29) is 5.78 Å². The molecule has 6 nitrogen and oxygen atoms in total. The number of esters is 1. The maximum absolute atomic E-state index is 13.1. The van der Waals surface area contributed by atoms with Crippen LogP contribution in [-0.4, -0.2) is 52.5 Å². The van der Waals surface area contributed by atoms with Gasteiger partial charge >= 0.3 is 5.97 Å². The van der Waals surface area contributed by atoms with Crippen LogP contribution in [0.1, 0.15) is 59.3 Å². The van der Waals surface area contributed by atoms with Crippen LogP contribution in [0.3, 0.4) is 0 Å². The van der Waals surface area contributed by atoms with E-state index >= 15 is 0 Å². The van der Waals surface area contributed by atoms with Gasteiger partial charge in [-0.05, 0) is 70.4 Å². The van der Waals surface area contributed by atoms with Crippen molar-refractivity contribution in [2.45, 2.75) is 82.7 Å². The Balaban J connectivity index is 2.00. The van der Waals surface area contributed by atoms with Crippen molar-refractivity contribution in [1.82, 2.24) is 0 Å². The van der Waals surface area contributed by atoms with Crippen molar-refractivity contribution in [3.63, 3.8) is 0 Å². The number of Topliss-reactive ketones (excluding diaryl/α,β-unsaturated/α-hetero) is 1. The van der Waals surface area contributed by atoms with E-state index in [9.17, 15) is 19.8 Å². The summed E-state index contributed by atoms with van der Waals surface area (Å²) < 4.78 is 11.1. The number of ether oxygens (including phenoxy) is 2. The van der Waals surface area contributed by atoms with Crippen LogP contribution in [0.5, 0.6) is 0 Å². The lowest BCUT2D eigenvalue weighted by Crippen LogP contribution is -2.47. The average molecular weight is 378 g/mol. The van der Waals surface area contributed by atoms with Gasteiger partial charge in [0.1, 0.15) is 0 Å². The first-order valence-electron chi connectivity index (χ1n) is 9.70. The topological polar surface area (TPSA) is 93.1 Å². The molecule has 0 aromatic heterocycles. The quantitative estimate of drug-likeness (QED) is 0.680. The smallest absolute Gasteiger partial charge is 0.333 e. The number of allylic oxidation sites excluding steroid dienone is 2. The SMILES string of the molecule is COC(=O)/C1=C/CC[C@](C)(O)[C@@H]2CC[C@@](C)(O2)C2C(=O)C(=C(C)[C@H]2O)CC1. The molecule has 0 amide bonds. The fourth-order valence-electron chi connectivity index (χ4n) is 4.79. The predicted octanol–water partition coefficient (Wildman–Crippen LogP) is 2.22. The molecule has 150 valence electrons. The summed E-state index contributed by atoms with van der Waals surface area (Å²) >= 11 is 0. The highest BCUT2D eigenvalue weighted by Crippen LogP contribution is 2.47. The summed E-state index contributed by atoms with van der Waals surface area (Å²) in [4.78, 5) is 25.2. The van der Waals surface area contributed by atoms with Crippen LogP contribution in [0, 0.1) is 5.92 Å². The van der Waals surface area contributed by atoms with E-state index in [2.05, 4.69) is 0 Å². The number of rotatable bonds is 1. The van der Waals surface area contributed by atoms with Gasteiger partial charge in [-0.3, -0.25) is 4.79 Å². The van der Waals surface area contributed by atoms with Gasteiger partial charge in [-0.2, -0.15) is 0 Å². The maximum atomic E-state index is 13.1. The summed E-state index contributed by atoms with van der Waals surface area (Å²) in [6.07, 6.45) is 3.44. The van der Waals surface area contributed by atoms with Gasteiger partial charge < -0.3 is 19.7 Å². The highest BCUT2D eigenvalue weighted by atomic mass is 16.5. The molecule has 27 heavy (non-hydrogen) atoms. The lowest BCUT2D eigenvalue weighted by atomic mass is 9.80. The maximum Gasteiger partial charge on any atom is 0.333 e. The predicted molar refractivity (Wildman–Crippen MR) is 98.9 cm³/mol. The highest BCUT2D eigenvalue weighted by Gasteiger charge is 2.55. The zero-order valence-corrected chi connectivity index (χ0v) is 16.6. The molecule has 0 spiro atoms. The van der Waals surface area contributed by atoms with Crippen LogP contribution in [0.15, 0.2) is 22.8 Å². The first kappa shape index (κ1) is 20.2. The standard InChI is InChI=1S/C21H30O6/c1-12-14-8-7-13(19(24)26-4)6-5-10-20(2,25)15-9-11-21(3,27-15)16(17(12)22)18(14)23/h6,15-17,22,25H,5,7-11H2,1-4H3/b13-6+/t15-,16?,17+,20-,21+/m0/s1. The molecule has 5 atom stereocenters. The molecule has 0 aromatic rings. The molecule has 0 saturated carbocycles. The van der Waals surface area contributed by atoms with Gasteiger partial charge in [-0.25, -0.2) is 4.79 Å². The molecule has 1 fully saturated rings. The minimum absolute atomic E-state index is 0.105. The second-order valence-corrected chi connectivity index (χ2v) is 8.52. The summed E-state index contributed by atoms with van der Waals surface area (Å²) in [5.74, 6) is -1.19. The van der Waals surface area contributed by atoms with Crippen LogP contribution >= 0.6 is 0 Å². The van der Waals surface area contributed by atoms with Crippen molar-refractivity contribution in [3.8, 4) is 0 Å². The highest BCUT2D eigenvalue weighted by molar-refractivity contribution is 6.02. The number of fused-ring (bicyclic) bond motifs is 5. The van der Waals surface area contributed by atoms with E-state index in [0.29, 0.717) is 55.2 Å². The lowest BCUT2D eigenvalue weighted by Gasteiger charge is -2.36. The van der Waals surface area contributed by atoms with E-state index in [1.165, 1.54) is 7.11 Å². The number of carbonyl (C=O) groups is 2. The van der Waals surface area contributed by atoms with Crippen molar-refractivity contribution >= 4 is 11.8 Å². The third kappa shape index (κ3) is 3.50. The normalized spacial score (nSPS) is 42.1. The van der Waals surface area contributed by atoms with Crippen LogP contribution in [0.25, 0.3) is 0 Å². The second kappa shape index (κ2) is 7.15. The van der Waals surface area contributed by atoms with Crippen molar-refractivity contribution in [3.05, 3.63) is 22.8 Å². The number of hydrogen-bond donors (Lipinski definition) is 2. The summed E-state index contributed by atoms with van der Waals surface area (Å²) in [6.45, 7) is 5.37. The first-order chi connectivity index (χ1) is 12.6. The monoisotopic (exact) mass is 378 g/mol. The van der Waals surface area contributed by atoms with E-state index in [1.807, 2.05) is 6.92 Å². The number of ketones is 1. The van der Waals surface area contributed by atoms with Crippen molar-refractivity contribution in [2.24, 2.45) is 5.92 Å². The van der Waals surface area contributed by atoms with Gasteiger partial charge in [-0.15, -0.1) is 0 Å². The molecule has 4 bridgehead atoms. The Morgan fingerprint density at radius 2 is 2.00 bits per heavy atom. The molecular weight excluding hydrogens is 348 g/mol. The summed E-state index contributed by atoms with van der Waals surface area (Å²) in [5.41, 5.74) is -0.147. The van der Waals surface area contributed by atoms with Gasteiger partial charge in [0, 0.05) is 5.57 Å². The number of carbonyl (C=O) groups excluding carboxylic acids is 2. The van der Waals surface area contributed by atoms with Gasteiger partial charge in [0.15, 0.2) is 5.78 Å². The molecule has 3 aliphatic rings. The Hall–Kier alpha value is -1.50. The molecule has 1 saturated heterocycles. The molecule has 2 heterocycles. The van der Waals surface area contributed by atoms with Gasteiger partial charge in [0.2, 0.25) is 0 Å². The zero-order chi connectivity index (χ0) is 20.0. The molecule has 2 aliphatic heterocycles. The fourth-order valence-corrected chi connectivity index (χ4v) is 4.79. The first-order valence-corrected chi connectivity index (χ1v) is 9.70. The minimum atomic E-state index is -1.08. The van der Waals surface area contributed by atoms with Crippen LogP contribution in [0.4, 0.5) is 0 Å². The third-order valence-electron chi connectivity index (χ3n) is 6.61. The molecule has 0 aromatic carbocycles. The molecule has 2 N–H and O–H groups in total.